The maximum Gasteiger partial charge on any atom is 0.488 e. The molecule has 0 bridgehead atoms. The predicted octanol–water partition coefficient (Wildman–Crippen LogP) is 0.923. The molecule has 9 heteroatoms. The molecule has 0 aliphatic heterocycles. The second-order valence-corrected chi connectivity index (χ2v) is 3.77. The van der Waals surface area contributed by atoms with Crippen molar-refractivity contribution in [1.29, 1.82) is 0 Å². The van der Waals surface area contributed by atoms with Crippen LogP contribution in [0.4, 0.5) is 22.0 Å². The maximum absolute atomic E-state index is 12.8. The molecule has 2 N–H and O–H groups in total. The van der Waals surface area contributed by atoms with Gasteiger partial charge in [-0.3, -0.25) is 0 Å². The van der Waals surface area contributed by atoms with Crippen molar-refractivity contribution >= 4 is 12.6 Å². The molecule has 0 spiro atoms. The van der Waals surface area contributed by atoms with Gasteiger partial charge in [-0.05, 0) is 23.2 Å². The van der Waals surface area contributed by atoms with Crippen LogP contribution in [0.25, 0.3) is 0 Å². The van der Waals surface area contributed by atoms with Crippen LogP contribution in [0.2, 0.25) is 0 Å². The molecular weight excluding hydrogens is 274 g/mol. The van der Waals surface area contributed by atoms with Gasteiger partial charge in [0.15, 0.2) is 0 Å². The quantitative estimate of drug-likeness (QED) is 0.603. The summed E-state index contributed by atoms with van der Waals surface area (Å²) >= 11 is 0. The van der Waals surface area contributed by atoms with Gasteiger partial charge < -0.3 is 14.8 Å². The Hall–Kier alpha value is -1.19. The van der Waals surface area contributed by atoms with Crippen LogP contribution >= 0.6 is 0 Å². The number of alkyl halides is 4. The fourth-order valence-corrected chi connectivity index (χ4v) is 1.30. The van der Waals surface area contributed by atoms with Crippen LogP contribution in [0.1, 0.15) is 5.56 Å². The van der Waals surface area contributed by atoms with Crippen molar-refractivity contribution in [2.24, 2.45) is 0 Å². The Morgan fingerprint density at radius 3 is 2.42 bits per heavy atom. The summed E-state index contributed by atoms with van der Waals surface area (Å²) < 4.78 is 66.0. The summed E-state index contributed by atoms with van der Waals surface area (Å²) in [4.78, 5) is 0. The van der Waals surface area contributed by atoms with Gasteiger partial charge in [0.2, 0.25) is 0 Å². The molecule has 0 fully saturated rings. The van der Waals surface area contributed by atoms with Crippen LogP contribution in [0.15, 0.2) is 18.2 Å². The molecular formula is C10H10BF5O3. The zero-order valence-corrected chi connectivity index (χ0v) is 9.49. The van der Waals surface area contributed by atoms with Gasteiger partial charge in [-0.25, -0.2) is 13.2 Å². The van der Waals surface area contributed by atoms with Crippen LogP contribution in [0.5, 0.6) is 0 Å². The predicted molar refractivity (Wildman–Crippen MR) is 56.8 cm³/mol. The van der Waals surface area contributed by atoms with E-state index in [1.165, 1.54) is 0 Å². The highest BCUT2D eigenvalue weighted by Crippen LogP contribution is 2.23. The molecule has 0 saturated carbocycles. The number of benzene rings is 1. The van der Waals surface area contributed by atoms with Crippen molar-refractivity contribution in [2.45, 2.75) is 19.0 Å². The zero-order chi connectivity index (χ0) is 14.6. The molecule has 3 nitrogen and oxygen atoms in total. The molecule has 1 aromatic carbocycles. The van der Waals surface area contributed by atoms with E-state index in [0.717, 1.165) is 18.2 Å². The lowest BCUT2D eigenvalue weighted by atomic mass is 9.77. The second-order valence-electron chi connectivity index (χ2n) is 3.77. The van der Waals surface area contributed by atoms with E-state index in [1.54, 1.807) is 0 Å². The lowest BCUT2D eigenvalue weighted by Gasteiger charge is -2.16. The van der Waals surface area contributed by atoms with Crippen molar-refractivity contribution < 1.29 is 36.7 Å². The van der Waals surface area contributed by atoms with E-state index in [2.05, 4.69) is 4.74 Å². The Labute approximate surface area is 105 Å². The van der Waals surface area contributed by atoms with Gasteiger partial charge in [-0.15, -0.1) is 0 Å². The molecule has 0 saturated heterocycles. The van der Waals surface area contributed by atoms with Gasteiger partial charge in [-0.2, -0.15) is 8.78 Å². The van der Waals surface area contributed by atoms with Gasteiger partial charge in [0, 0.05) is 0 Å². The Morgan fingerprint density at radius 2 is 1.89 bits per heavy atom. The molecule has 0 amide bonds. The standard InChI is InChI=1S/C10H10BF5O3/c12-7-2-1-6(8(3-7)11(17)18)4-19-5-10(15,16)9(13)14/h1-3,9,17-18H,4-5H2. The number of ether oxygens (including phenoxy) is 1. The first-order valence-electron chi connectivity index (χ1n) is 5.12. The molecule has 1 aromatic rings. The Bertz CT molecular complexity index is 428. The molecule has 0 aromatic heterocycles. The molecule has 19 heavy (non-hydrogen) atoms. The van der Waals surface area contributed by atoms with Crippen LogP contribution < -0.4 is 5.46 Å². The monoisotopic (exact) mass is 284 g/mol. The third kappa shape index (κ3) is 4.44. The van der Waals surface area contributed by atoms with E-state index in [1.807, 2.05) is 0 Å². The SMILES string of the molecule is OB(O)c1cc(F)ccc1COCC(F)(F)C(F)F. The first kappa shape index (κ1) is 15.9. The first-order valence-corrected chi connectivity index (χ1v) is 5.12. The summed E-state index contributed by atoms with van der Waals surface area (Å²) in [5.41, 5.74) is -0.262. The zero-order valence-electron chi connectivity index (χ0n) is 9.49. The first-order chi connectivity index (χ1) is 8.74. The normalized spacial score (nSPS) is 12.0. The van der Waals surface area contributed by atoms with Crippen LogP contribution in [-0.2, 0) is 11.3 Å². The average molecular weight is 284 g/mol. The molecule has 106 valence electrons. The molecule has 0 heterocycles. The molecule has 0 radical (unpaired) electrons. The minimum Gasteiger partial charge on any atom is -0.423 e. The van der Waals surface area contributed by atoms with E-state index < -0.39 is 38.5 Å². The third-order valence-electron chi connectivity index (χ3n) is 2.26. The van der Waals surface area contributed by atoms with E-state index >= 15 is 0 Å². The van der Waals surface area contributed by atoms with Gasteiger partial charge >= 0.3 is 19.5 Å². The number of hydrogen-bond donors (Lipinski definition) is 2. The average Bonchev–Trinajstić information content (AvgIpc) is 2.30. The number of hydrogen-bond acceptors (Lipinski definition) is 3. The van der Waals surface area contributed by atoms with Gasteiger partial charge in [0.1, 0.15) is 12.4 Å². The van der Waals surface area contributed by atoms with Crippen LogP contribution in [0, 0.1) is 5.82 Å². The topological polar surface area (TPSA) is 49.7 Å². The highest BCUT2D eigenvalue weighted by atomic mass is 19.3. The minimum atomic E-state index is -4.29. The van der Waals surface area contributed by atoms with Crippen molar-refractivity contribution in [1.82, 2.24) is 0 Å². The largest absolute Gasteiger partial charge is 0.488 e. The Morgan fingerprint density at radius 1 is 1.26 bits per heavy atom. The van der Waals surface area contributed by atoms with Crippen molar-refractivity contribution in [3.8, 4) is 0 Å². The molecule has 0 unspecified atom stereocenters. The Balaban J connectivity index is 2.68. The second kappa shape index (κ2) is 6.31. The number of halogens is 5. The van der Waals surface area contributed by atoms with Crippen LogP contribution in [0.3, 0.4) is 0 Å². The van der Waals surface area contributed by atoms with E-state index in [4.69, 9.17) is 10.0 Å². The molecule has 1 rings (SSSR count). The summed E-state index contributed by atoms with van der Waals surface area (Å²) in [6.07, 6.45) is -3.86. The van der Waals surface area contributed by atoms with Gasteiger partial charge in [-0.1, -0.05) is 6.07 Å². The Kier molecular flexibility index (Phi) is 5.27. The summed E-state index contributed by atoms with van der Waals surface area (Å²) in [6.45, 7) is -2.10. The summed E-state index contributed by atoms with van der Waals surface area (Å²) in [7, 11) is -2.02. The molecule has 0 aliphatic rings. The van der Waals surface area contributed by atoms with Crippen molar-refractivity contribution in [2.75, 3.05) is 6.61 Å². The molecule has 0 atom stereocenters. The van der Waals surface area contributed by atoms with Crippen molar-refractivity contribution in [3.63, 3.8) is 0 Å². The molecule has 0 aliphatic carbocycles. The fourth-order valence-electron chi connectivity index (χ4n) is 1.30. The summed E-state index contributed by atoms with van der Waals surface area (Å²) in [5, 5.41) is 17.9. The fraction of sp³-hybridized carbons (Fsp3) is 0.400. The van der Waals surface area contributed by atoms with Crippen molar-refractivity contribution in [3.05, 3.63) is 29.6 Å². The van der Waals surface area contributed by atoms with Gasteiger partial charge in [0.05, 0.1) is 6.61 Å². The van der Waals surface area contributed by atoms with Crippen LogP contribution in [-0.4, -0.2) is 36.1 Å². The number of rotatable bonds is 6. The lowest BCUT2D eigenvalue weighted by molar-refractivity contribution is -0.168. The summed E-state index contributed by atoms with van der Waals surface area (Å²) in [5.74, 6) is -5.05. The van der Waals surface area contributed by atoms with E-state index in [-0.39, 0.29) is 11.0 Å². The van der Waals surface area contributed by atoms with Gasteiger partial charge in [0.25, 0.3) is 0 Å². The third-order valence-corrected chi connectivity index (χ3v) is 2.26. The minimum absolute atomic E-state index is 0.0152. The highest BCUT2D eigenvalue weighted by molar-refractivity contribution is 6.59. The van der Waals surface area contributed by atoms with E-state index in [9.17, 15) is 22.0 Å². The highest BCUT2D eigenvalue weighted by Gasteiger charge is 2.41. The lowest BCUT2D eigenvalue weighted by Crippen LogP contribution is -2.35. The van der Waals surface area contributed by atoms with E-state index in [0.29, 0.717) is 0 Å². The summed E-state index contributed by atoms with van der Waals surface area (Å²) in [6, 6.07) is 2.83. The maximum atomic E-state index is 12.8. The smallest absolute Gasteiger partial charge is 0.423 e.